The third kappa shape index (κ3) is 4.26. The van der Waals surface area contributed by atoms with Gasteiger partial charge in [0.25, 0.3) is 5.91 Å². The molecule has 0 saturated heterocycles. The molecule has 0 aromatic heterocycles. The molecule has 4 N–H and O–H groups in total. The zero-order chi connectivity index (χ0) is 14.4. The maximum Gasteiger partial charge on any atom is 0.316 e. The molecule has 3 amide bonds. The van der Waals surface area contributed by atoms with E-state index >= 15 is 0 Å². The van der Waals surface area contributed by atoms with E-state index < -0.39 is 6.03 Å². The minimum Gasteiger partial charge on any atom is -0.351 e. The van der Waals surface area contributed by atoms with Crippen LogP contribution in [0.25, 0.3) is 0 Å². The number of nitrogens with two attached hydrogens (primary N) is 1. The molecule has 2 rings (SSSR count). The summed E-state index contributed by atoms with van der Waals surface area (Å²) in [6, 6.07) is 6.43. The van der Waals surface area contributed by atoms with Crippen LogP contribution in [0, 0.1) is 0 Å². The minimum atomic E-state index is -0.633. The van der Waals surface area contributed by atoms with Gasteiger partial charge in [0.1, 0.15) is 0 Å². The van der Waals surface area contributed by atoms with E-state index in [1.807, 2.05) is 0 Å². The van der Waals surface area contributed by atoms with E-state index in [2.05, 4.69) is 10.6 Å². The van der Waals surface area contributed by atoms with Crippen LogP contribution in [0.1, 0.15) is 48.9 Å². The number of benzene rings is 1. The molecule has 0 unspecified atom stereocenters. The van der Waals surface area contributed by atoms with E-state index in [-0.39, 0.29) is 11.9 Å². The lowest BCUT2D eigenvalue weighted by Gasteiger charge is -2.16. The van der Waals surface area contributed by atoms with Crippen LogP contribution >= 0.6 is 0 Å². The number of rotatable bonds is 3. The molecule has 0 heterocycles. The number of primary amides is 1. The van der Waals surface area contributed by atoms with Gasteiger partial charge in [-0.25, -0.2) is 4.79 Å². The third-order valence-electron chi connectivity index (χ3n) is 3.58. The normalized spacial score (nSPS) is 16.2. The summed E-state index contributed by atoms with van der Waals surface area (Å²) in [4.78, 5) is 23.0. The fraction of sp³-hybridized carbons (Fsp3) is 0.467. The Morgan fingerprint density at radius 3 is 2.45 bits per heavy atom. The van der Waals surface area contributed by atoms with Crippen LogP contribution in [0.4, 0.5) is 10.5 Å². The lowest BCUT2D eigenvalue weighted by molar-refractivity contribution is 0.0933. The number of nitrogens with one attached hydrogen (secondary N) is 2. The van der Waals surface area contributed by atoms with Crippen LogP contribution in [0.15, 0.2) is 24.3 Å². The van der Waals surface area contributed by atoms with E-state index in [9.17, 15) is 9.59 Å². The lowest BCUT2D eigenvalue weighted by Crippen LogP contribution is -2.34. The zero-order valence-corrected chi connectivity index (χ0v) is 11.5. The Hall–Kier alpha value is -2.04. The quantitative estimate of drug-likeness (QED) is 0.741. The van der Waals surface area contributed by atoms with Gasteiger partial charge in [-0.1, -0.05) is 31.7 Å². The highest BCUT2D eigenvalue weighted by Gasteiger charge is 2.15. The number of hydrogen-bond acceptors (Lipinski definition) is 2. The van der Waals surface area contributed by atoms with Crippen LogP contribution in [0.3, 0.4) is 0 Å². The van der Waals surface area contributed by atoms with Crippen molar-refractivity contribution in [2.24, 2.45) is 5.73 Å². The molecule has 0 spiro atoms. The van der Waals surface area contributed by atoms with E-state index in [1.165, 1.54) is 25.7 Å². The van der Waals surface area contributed by atoms with Crippen LogP contribution in [-0.2, 0) is 0 Å². The molecule has 0 radical (unpaired) electrons. The maximum atomic E-state index is 12.2. The first-order valence-electron chi connectivity index (χ1n) is 7.12. The summed E-state index contributed by atoms with van der Waals surface area (Å²) >= 11 is 0. The van der Waals surface area contributed by atoms with Crippen molar-refractivity contribution in [3.8, 4) is 0 Å². The van der Waals surface area contributed by atoms with Crippen molar-refractivity contribution < 1.29 is 9.59 Å². The first kappa shape index (κ1) is 14.4. The number of carbonyl (C=O) groups is 2. The summed E-state index contributed by atoms with van der Waals surface area (Å²) in [7, 11) is 0. The van der Waals surface area contributed by atoms with Crippen LogP contribution in [-0.4, -0.2) is 18.0 Å². The monoisotopic (exact) mass is 275 g/mol. The summed E-state index contributed by atoms with van der Waals surface area (Å²) in [6.45, 7) is 0. The summed E-state index contributed by atoms with van der Waals surface area (Å²) in [5.74, 6) is -0.0926. The second kappa shape index (κ2) is 6.93. The number of hydrogen-bond donors (Lipinski definition) is 3. The average molecular weight is 275 g/mol. The summed E-state index contributed by atoms with van der Waals surface area (Å²) < 4.78 is 0. The average Bonchev–Trinajstić information content (AvgIpc) is 2.67. The van der Waals surface area contributed by atoms with Crippen LogP contribution in [0.5, 0.6) is 0 Å². The Bertz CT molecular complexity index is 480. The van der Waals surface area contributed by atoms with Crippen molar-refractivity contribution in [3.05, 3.63) is 29.8 Å². The van der Waals surface area contributed by atoms with Crippen molar-refractivity contribution in [1.82, 2.24) is 5.32 Å². The Labute approximate surface area is 118 Å². The Balaban J connectivity index is 1.99. The van der Waals surface area contributed by atoms with Gasteiger partial charge in [-0.05, 0) is 31.0 Å². The van der Waals surface area contributed by atoms with Crippen molar-refractivity contribution >= 4 is 17.6 Å². The first-order valence-corrected chi connectivity index (χ1v) is 7.12. The SMILES string of the molecule is NC(=O)Nc1cccc(C(=O)NC2CCCCCC2)c1. The zero-order valence-electron chi connectivity index (χ0n) is 11.5. The highest BCUT2D eigenvalue weighted by molar-refractivity contribution is 5.96. The first-order chi connectivity index (χ1) is 9.65. The summed E-state index contributed by atoms with van der Waals surface area (Å²) in [5, 5.41) is 5.55. The molecule has 0 aliphatic heterocycles. The minimum absolute atomic E-state index is 0.0926. The van der Waals surface area contributed by atoms with Crippen LogP contribution < -0.4 is 16.4 Å². The molecular weight excluding hydrogens is 254 g/mol. The molecule has 5 nitrogen and oxygen atoms in total. The van der Waals surface area contributed by atoms with Gasteiger partial charge in [0.2, 0.25) is 0 Å². The molecular formula is C15H21N3O2. The number of carbonyl (C=O) groups excluding carboxylic acids is 2. The fourth-order valence-corrected chi connectivity index (χ4v) is 2.57. The van der Waals surface area contributed by atoms with Crippen LogP contribution in [0.2, 0.25) is 0 Å². The highest BCUT2D eigenvalue weighted by atomic mass is 16.2. The molecule has 5 heteroatoms. The predicted octanol–water partition coefficient (Wildman–Crippen LogP) is 2.63. The van der Waals surface area contributed by atoms with Gasteiger partial charge >= 0.3 is 6.03 Å². The van der Waals surface area contributed by atoms with Gasteiger partial charge in [-0.2, -0.15) is 0 Å². The Morgan fingerprint density at radius 2 is 1.80 bits per heavy atom. The summed E-state index contributed by atoms with van der Waals surface area (Å²) in [5.41, 5.74) is 6.14. The Morgan fingerprint density at radius 1 is 1.10 bits per heavy atom. The standard InChI is InChI=1S/C15H21N3O2/c16-15(20)18-13-9-5-6-11(10-13)14(19)17-12-7-3-1-2-4-8-12/h5-6,9-10,12H,1-4,7-8H2,(H,17,19)(H3,16,18,20). The molecule has 108 valence electrons. The maximum absolute atomic E-state index is 12.2. The number of anilines is 1. The Kier molecular flexibility index (Phi) is 4.98. The molecule has 1 saturated carbocycles. The van der Waals surface area contributed by atoms with Gasteiger partial charge in [-0.3, -0.25) is 4.79 Å². The van der Waals surface area contributed by atoms with Crippen molar-refractivity contribution in [3.63, 3.8) is 0 Å². The van der Waals surface area contributed by atoms with Gasteiger partial charge < -0.3 is 16.4 Å². The molecule has 1 aromatic rings. The van der Waals surface area contributed by atoms with E-state index in [0.29, 0.717) is 11.3 Å². The largest absolute Gasteiger partial charge is 0.351 e. The van der Waals surface area contributed by atoms with Gasteiger partial charge in [-0.15, -0.1) is 0 Å². The van der Waals surface area contributed by atoms with Crippen molar-refractivity contribution in [2.45, 2.75) is 44.6 Å². The summed E-state index contributed by atoms with van der Waals surface area (Å²) in [6.07, 6.45) is 6.95. The number of amides is 3. The fourth-order valence-electron chi connectivity index (χ4n) is 2.57. The highest BCUT2D eigenvalue weighted by Crippen LogP contribution is 2.18. The molecule has 1 aliphatic rings. The van der Waals surface area contributed by atoms with E-state index in [0.717, 1.165) is 12.8 Å². The molecule has 0 bridgehead atoms. The van der Waals surface area contributed by atoms with Crippen molar-refractivity contribution in [1.29, 1.82) is 0 Å². The smallest absolute Gasteiger partial charge is 0.316 e. The van der Waals surface area contributed by atoms with Gasteiger partial charge in [0.15, 0.2) is 0 Å². The second-order valence-corrected chi connectivity index (χ2v) is 5.23. The van der Waals surface area contributed by atoms with E-state index in [4.69, 9.17) is 5.73 Å². The lowest BCUT2D eigenvalue weighted by atomic mass is 10.1. The molecule has 1 aliphatic carbocycles. The second-order valence-electron chi connectivity index (χ2n) is 5.23. The van der Waals surface area contributed by atoms with Gasteiger partial charge in [0.05, 0.1) is 0 Å². The van der Waals surface area contributed by atoms with Crippen molar-refractivity contribution in [2.75, 3.05) is 5.32 Å². The predicted molar refractivity (Wildman–Crippen MR) is 78.6 cm³/mol. The van der Waals surface area contributed by atoms with E-state index in [1.54, 1.807) is 24.3 Å². The molecule has 1 aromatic carbocycles. The molecule has 0 atom stereocenters. The number of urea groups is 1. The van der Waals surface area contributed by atoms with Gasteiger partial charge in [0, 0.05) is 17.3 Å². The molecule has 20 heavy (non-hydrogen) atoms. The third-order valence-corrected chi connectivity index (χ3v) is 3.58. The molecule has 1 fully saturated rings. The topological polar surface area (TPSA) is 84.2 Å².